The summed E-state index contributed by atoms with van der Waals surface area (Å²) in [7, 11) is 0.672. The SMILES string of the molecule is CC#[N+][Si]C. The summed E-state index contributed by atoms with van der Waals surface area (Å²) in [5, 5.41) is 0. The molecule has 0 heterocycles. The second kappa shape index (κ2) is 3.71. The van der Waals surface area contributed by atoms with Crippen molar-refractivity contribution in [3.63, 3.8) is 0 Å². The highest BCUT2D eigenvalue weighted by molar-refractivity contribution is 6.37. The molecule has 0 N–H and O–H groups in total. The van der Waals surface area contributed by atoms with Crippen LogP contribution in [0.15, 0.2) is 0 Å². The predicted molar refractivity (Wildman–Crippen MR) is 24.5 cm³/mol. The van der Waals surface area contributed by atoms with Crippen molar-refractivity contribution in [3.8, 4) is 6.07 Å². The van der Waals surface area contributed by atoms with Crippen molar-refractivity contribution < 1.29 is 0 Å². The van der Waals surface area contributed by atoms with Gasteiger partial charge in [-0.1, -0.05) is 0 Å². The molecule has 0 aromatic carbocycles. The van der Waals surface area contributed by atoms with Crippen LogP contribution < -0.4 is 0 Å². The molecule has 0 rings (SSSR count). The van der Waals surface area contributed by atoms with E-state index in [1.807, 2.05) is 6.55 Å². The molecule has 0 bridgehead atoms. The van der Waals surface area contributed by atoms with E-state index in [4.69, 9.17) is 0 Å². The fourth-order valence-electron chi connectivity index (χ4n) is 0.112. The molecule has 2 radical (unpaired) electrons. The molecular weight excluding hydrogens is 78.1 g/mol. The van der Waals surface area contributed by atoms with E-state index in [9.17, 15) is 0 Å². The van der Waals surface area contributed by atoms with Gasteiger partial charge in [0.25, 0.3) is 0 Å². The van der Waals surface area contributed by atoms with E-state index in [1.165, 1.54) is 0 Å². The zero-order chi connectivity index (χ0) is 4.12. The Morgan fingerprint density at radius 2 is 2.40 bits per heavy atom. The third-order valence-corrected chi connectivity index (χ3v) is 0.671. The fourth-order valence-corrected chi connectivity index (χ4v) is 0.335. The molecule has 0 spiro atoms. The Balaban J connectivity index is 2.81. The maximum absolute atomic E-state index is 3.75. The van der Waals surface area contributed by atoms with Gasteiger partial charge in [0.1, 0.15) is 0 Å². The van der Waals surface area contributed by atoms with Gasteiger partial charge in [-0.2, -0.15) is 4.51 Å². The molecular formula is C3H6NSi+. The summed E-state index contributed by atoms with van der Waals surface area (Å²) in [6.45, 7) is 3.81. The Labute approximate surface area is 34.7 Å². The van der Waals surface area contributed by atoms with Crippen LogP contribution in [0.5, 0.6) is 0 Å². The summed E-state index contributed by atoms with van der Waals surface area (Å²) >= 11 is 0. The summed E-state index contributed by atoms with van der Waals surface area (Å²) in [4.78, 5) is 0. The van der Waals surface area contributed by atoms with Gasteiger partial charge in [0.2, 0.25) is 6.07 Å². The van der Waals surface area contributed by atoms with Gasteiger partial charge in [-0.25, -0.2) is 0 Å². The van der Waals surface area contributed by atoms with E-state index in [0.29, 0.717) is 9.68 Å². The molecule has 0 amide bonds. The first-order valence-corrected chi connectivity index (χ1v) is 2.89. The van der Waals surface area contributed by atoms with E-state index in [2.05, 4.69) is 10.6 Å². The Kier molecular flexibility index (Phi) is 3.49. The molecule has 0 atom stereocenters. The zero-order valence-corrected chi connectivity index (χ0v) is 4.45. The number of hydrogen-bond acceptors (Lipinski definition) is 0. The van der Waals surface area contributed by atoms with E-state index in [1.54, 1.807) is 6.92 Å². The Bertz CT molecular complexity index is 59.0. The van der Waals surface area contributed by atoms with Crippen molar-refractivity contribution in [1.82, 2.24) is 0 Å². The molecule has 0 aromatic rings. The largest absolute Gasteiger partial charge is 0.658 e. The molecule has 0 unspecified atom stereocenters. The Hall–Kier alpha value is -0.293. The van der Waals surface area contributed by atoms with E-state index in [0.717, 1.165) is 0 Å². The predicted octanol–water partition coefficient (Wildman–Crippen LogP) is 1.01. The van der Waals surface area contributed by atoms with E-state index < -0.39 is 0 Å². The maximum atomic E-state index is 3.75. The van der Waals surface area contributed by atoms with Gasteiger partial charge in [-0.3, -0.25) is 0 Å². The van der Waals surface area contributed by atoms with E-state index in [-0.39, 0.29) is 0 Å². The topological polar surface area (TPSA) is 4.36 Å². The standard InChI is InChI=1S/C3H6NSi/c1-3-4-5-2/h1-2H3/q+1. The van der Waals surface area contributed by atoms with Crippen LogP contribution in [-0.4, -0.2) is 9.68 Å². The van der Waals surface area contributed by atoms with Gasteiger partial charge in [0.15, 0.2) is 0 Å². The van der Waals surface area contributed by atoms with Crippen molar-refractivity contribution in [2.24, 2.45) is 0 Å². The van der Waals surface area contributed by atoms with Crippen molar-refractivity contribution in [2.75, 3.05) is 0 Å². The smallest absolute Gasteiger partial charge is 0.184 e. The molecule has 0 aliphatic carbocycles. The minimum Gasteiger partial charge on any atom is -0.184 e. The molecule has 26 valence electrons. The van der Waals surface area contributed by atoms with Crippen LogP contribution in [0.2, 0.25) is 6.55 Å². The Morgan fingerprint density at radius 3 is 2.40 bits per heavy atom. The quantitative estimate of drug-likeness (QED) is 0.386. The van der Waals surface area contributed by atoms with Crippen LogP contribution in [0, 0.1) is 6.07 Å². The normalized spacial score (nSPS) is 5.20. The number of rotatable bonds is 0. The molecule has 5 heavy (non-hydrogen) atoms. The van der Waals surface area contributed by atoms with Crippen LogP contribution in [0.1, 0.15) is 6.92 Å². The summed E-state index contributed by atoms with van der Waals surface area (Å²) < 4.78 is 3.75. The number of hydrogen-bond donors (Lipinski definition) is 0. The highest BCUT2D eigenvalue weighted by Gasteiger charge is 1.82. The summed E-state index contributed by atoms with van der Waals surface area (Å²) in [6, 6.07) is 2.65. The zero-order valence-electron chi connectivity index (χ0n) is 3.45. The molecule has 2 heteroatoms. The summed E-state index contributed by atoms with van der Waals surface area (Å²) in [6.07, 6.45) is 0. The van der Waals surface area contributed by atoms with Crippen molar-refractivity contribution in [1.29, 1.82) is 0 Å². The maximum Gasteiger partial charge on any atom is 0.658 e. The monoisotopic (exact) mass is 84.0 g/mol. The lowest BCUT2D eigenvalue weighted by atomic mass is 11.0. The van der Waals surface area contributed by atoms with Gasteiger partial charge < -0.3 is 0 Å². The Morgan fingerprint density at radius 1 is 1.80 bits per heavy atom. The van der Waals surface area contributed by atoms with Crippen molar-refractivity contribution in [3.05, 3.63) is 4.51 Å². The number of nitrogens with zero attached hydrogens (tertiary/aromatic N) is 1. The average molecular weight is 84.2 g/mol. The molecule has 0 saturated carbocycles. The van der Waals surface area contributed by atoms with Gasteiger partial charge in [-0.15, -0.1) is 0 Å². The molecule has 0 aliphatic rings. The summed E-state index contributed by atoms with van der Waals surface area (Å²) in [5.74, 6) is 0. The minimum absolute atomic E-state index is 0.672. The van der Waals surface area contributed by atoms with Crippen LogP contribution in [0.4, 0.5) is 0 Å². The second-order valence-electron chi connectivity index (χ2n) is 0.559. The van der Waals surface area contributed by atoms with Gasteiger partial charge in [-0.05, 0) is 0 Å². The lowest BCUT2D eigenvalue weighted by molar-refractivity contribution is 1.91. The average Bonchev–Trinajstić information content (AvgIpc) is 1.41. The lowest BCUT2D eigenvalue weighted by Gasteiger charge is -1.35. The van der Waals surface area contributed by atoms with Crippen LogP contribution in [-0.2, 0) is 0 Å². The van der Waals surface area contributed by atoms with Crippen molar-refractivity contribution >= 4 is 9.68 Å². The van der Waals surface area contributed by atoms with E-state index >= 15 is 0 Å². The first kappa shape index (κ1) is 4.71. The highest BCUT2D eigenvalue weighted by atomic mass is 28.2. The highest BCUT2D eigenvalue weighted by Crippen LogP contribution is 1.55. The second-order valence-corrected chi connectivity index (χ2v) is 1.23. The first-order chi connectivity index (χ1) is 2.41. The summed E-state index contributed by atoms with van der Waals surface area (Å²) in [5.41, 5.74) is 0. The molecule has 1 nitrogen and oxygen atoms in total. The third-order valence-electron chi connectivity index (χ3n) is 0.224. The molecule has 0 aromatic heterocycles. The minimum atomic E-state index is 0.672. The van der Waals surface area contributed by atoms with Gasteiger partial charge in [0, 0.05) is 6.55 Å². The van der Waals surface area contributed by atoms with Gasteiger partial charge >= 0.3 is 9.68 Å². The molecule has 0 fully saturated rings. The van der Waals surface area contributed by atoms with Crippen LogP contribution in [0.3, 0.4) is 0 Å². The third kappa shape index (κ3) is 3.71. The lowest BCUT2D eigenvalue weighted by Crippen LogP contribution is -1.58. The first-order valence-electron chi connectivity index (χ1n) is 1.45. The van der Waals surface area contributed by atoms with Gasteiger partial charge in [0.05, 0.1) is 6.92 Å². The molecule has 0 aliphatic heterocycles. The van der Waals surface area contributed by atoms with Crippen LogP contribution in [0.25, 0.3) is 4.51 Å². The fraction of sp³-hybridized carbons (Fsp3) is 0.667. The van der Waals surface area contributed by atoms with Crippen molar-refractivity contribution in [2.45, 2.75) is 13.5 Å². The molecule has 0 saturated heterocycles. The van der Waals surface area contributed by atoms with Crippen LogP contribution >= 0.6 is 0 Å².